The molecule has 22 heavy (non-hydrogen) atoms. The van der Waals surface area contributed by atoms with Crippen LogP contribution < -0.4 is 10.6 Å². The Balaban J connectivity index is 1.64. The molecule has 0 atom stereocenters. The van der Waals surface area contributed by atoms with E-state index in [9.17, 15) is 4.79 Å². The average molecular weight is 322 g/mol. The van der Waals surface area contributed by atoms with Crippen LogP contribution in [0, 0.1) is 6.92 Å². The van der Waals surface area contributed by atoms with Crippen LogP contribution in [0.25, 0.3) is 11.0 Å². The van der Waals surface area contributed by atoms with Crippen molar-refractivity contribution in [1.29, 1.82) is 0 Å². The first-order valence-electron chi connectivity index (χ1n) is 7.55. The van der Waals surface area contributed by atoms with Gasteiger partial charge in [-0.15, -0.1) is 0 Å². The van der Waals surface area contributed by atoms with Crippen LogP contribution in [-0.4, -0.2) is 50.1 Å². The van der Waals surface area contributed by atoms with E-state index in [1.165, 1.54) is 0 Å². The van der Waals surface area contributed by atoms with Gasteiger partial charge in [-0.3, -0.25) is 9.69 Å². The van der Waals surface area contributed by atoms with Gasteiger partial charge < -0.3 is 15.1 Å². The van der Waals surface area contributed by atoms with Crippen molar-refractivity contribution in [3.05, 3.63) is 34.5 Å². The van der Waals surface area contributed by atoms with E-state index >= 15 is 0 Å². The molecular weight excluding hydrogens is 302 g/mol. The maximum Gasteiger partial charge on any atom is 0.287 e. The maximum absolute atomic E-state index is 12.3. The molecule has 1 amide bonds. The number of amides is 1. The van der Waals surface area contributed by atoms with E-state index in [4.69, 9.17) is 16.0 Å². The first-order valence-corrected chi connectivity index (χ1v) is 7.93. The van der Waals surface area contributed by atoms with Crippen LogP contribution in [-0.2, 0) is 0 Å². The fourth-order valence-electron chi connectivity index (χ4n) is 2.77. The molecule has 1 aliphatic rings. The molecular formula is C16H20ClN3O2. The number of carbonyl (C=O) groups excluding carboxylic acids is 1. The molecule has 0 unspecified atom stereocenters. The molecule has 3 rings (SSSR count). The van der Waals surface area contributed by atoms with Gasteiger partial charge in [-0.25, -0.2) is 0 Å². The van der Waals surface area contributed by atoms with Crippen molar-refractivity contribution in [3.63, 3.8) is 0 Å². The van der Waals surface area contributed by atoms with Crippen LogP contribution in [0.1, 0.15) is 16.1 Å². The number of hydrogen-bond donors (Lipinski definition) is 2. The third kappa shape index (κ3) is 3.11. The Morgan fingerprint density at radius 3 is 2.91 bits per heavy atom. The van der Waals surface area contributed by atoms with E-state index in [-0.39, 0.29) is 5.91 Å². The molecule has 0 spiro atoms. The number of halogens is 1. The van der Waals surface area contributed by atoms with Crippen molar-refractivity contribution < 1.29 is 9.21 Å². The van der Waals surface area contributed by atoms with Gasteiger partial charge in [0.05, 0.1) is 5.02 Å². The number of piperazine rings is 1. The summed E-state index contributed by atoms with van der Waals surface area (Å²) in [5, 5.41) is 7.66. The summed E-state index contributed by atoms with van der Waals surface area (Å²) < 4.78 is 5.67. The standard InChI is InChI=1S/C16H20ClN3O2/c1-11-12-3-2-4-13(17)15(12)22-14(11)16(21)19-7-10-20-8-5-18-6-9-20/h2-4,18H,5-10H2,1H3,(H,19,21). The second-order valence-electron chi connectivity index (χ2n) is 5.52. The zero-order valence-electron chi connectivity index (χ0n) is 12.6. The van der Waals surface area contributed by atoms with E-state index in [0.717, 1.165) is 43.7 Å². The summed E-state index contributed by atoms with van der Waals surface area (Å²) in [7, 11) is 0. The predicted octanol–water partition coefficient (Wildman–Crippen LogP) is 2.03. The van der Waals surface area contributed by atoms with Gasteiger partial charge in [0.2, 0.25) is 0 Å². The molecule has 0 aliphatic carbocycles. The summed E-state index contributed by atoms with van der Waals surface area (Å²) in [5.41, 5.74) is 1.41. The number of aryl methyl sites for hydroxylation is 1. The Bertz CT molecular complexity index is 677. The van der Waals surface area contributed by atoms with E-state index < -0.39 is 0 Å². The van der Waals surface area contributed by atoms with Crippen LogP contribution in [0.3, 0.4) is 0 Å². The number of carbonyl (C=O) groups is 1. The molecule has 118 valence electrons. The number of benzene rings is 1. The third-order valence-corrected chi connectivity index (χ3v) is 4.34. The van der Waals surface area contributed by atoms with Gasteiger partial charge in [0.25, 0.3) is 5.91 Å². The highest BCUT2D eigenvalue weighted by Gasteiger charge is 2.19. The molecule has 0 radical (unpaired) electrons. The first kappa shape index (κ1) is 15.3. The van der Waals surface area contributed by atoms with E-state index in [2.05, 4.69) is 15.5 Å². The maximum atomic E-state index is 12.3. The number of hydrogen-bond acceptors (Lipinski definition) is 4. The molecule has 5 nitrogen and oxygen atoms in total. The van der Waals surface area contributed by atoms with Crippen LogP contribution in [0.15, 0.2) is 22.6 Å². The van der Waals surface area contributed by atoms with Crippen molar-refractivity contribution in [2.75, 3.05) is 39.3 Å². The topological polar surface area (TPSA) is 57.5 Å². The van der Waals surface area contributed by atoms with Gasteiger partial charge in [-0.1, -0.05) is 23.7 Å². The van der Waals surface area contributed by atoms with E-state index in [1.54, 1.807) is 6.07 Å². The number of nitrogens with one attached hydrogen (secondary N) is 2. The molecule has 2 N–H and O–H groups in total. The van der Waals surface area contributed by atoms with Gasteiger partial charge in [0.1, 0.15) is 0 Å². The van der Waals surface area contributed by atoms with Gasteiger partial charge >= 0.3 is 0 Å². The minimum atomic E-state index is -0.181. The minimum absolute atomic E-state index is 0.181. The van der Waals surface area contributed by atoms with Crippen molar-refractivity contribution in [2.24, 2.45) is 0 Å². The summed E-state index contributed by atoms with van der Waals surface area (Å²) >= 11 is 6.11. The SMILES string of the molecule is Cc1c(C(=O)NCCN2CCNCC2)oc2c(Cl)cccc12. The molecule has 2 aromatic rings. The number of furan rings is 1. The predicted molar refractivity (Wildman–Crippen MR) is 87.6 cm³/mol. The lowest BCUT2D eigenvalue weighted by molar-refractivity contribution is 0.0921. The molecule has 1 saturated heterocycles. The molecule has 2 heterocycles. The Morgan fingerprint density at radius 1 is 1.41 bits per heavy atom. The Kier molecular flexibility index (Phi) is 4.66. The van der Waals surface area contributed by atoms with Crippen molar-refractivity contribution in [1.82, 2.24) is 15.5 Å². The van der Waals surface area contributed by atoms with Gasteiger partial charge in [0.15, 0.2) is 11.3 Å². The monoisotopic (exact) mass is 321 g/mol. The molecule has 1 aliphatic heterocycles. The number of fused-ring (bicyclic) bond motifs is 1. The zero-order chi connectivity index (χ0) is 15.5. The first-order chi connectivity index (χ1) is 10.7. The van der Waals surface area contributed by atoms with E-state index in [0.29, 0.717) is 22.9 Å². The van der Waals surface area contributed by atoms with Crippen LogP contribution in [0.5, 0.6) is 0 Å². The molecule has 6 heteroatoms. The Morgan fingerprint density at radius 2 is 2.18 bits per heavy atom. The number of nitrogens with zero attached hydrogens (tertiary/aromatic N) is 1. The largest absolute Gasteiger partial charge is 0.449 e. The lowest BCUT2D eigenvalue weighted by Crippen LogP contribution is -2.46. The molecule has 1 fully saturated rings. The summed E-state index contributed by atoms with van der Waals surface area (Å²) in [6.07, 6.45) is 0. The Hall–Kier alpha value is -1.56. The van der Waals surface area contributed by atoms with Crippen molar-refractivity contribution in [2.45, 2.75) is 6.92 Å². The van der Waals surface area contributed by atoms with Gasteiger partial charge in [0, 0.05) is 50.2 Å². The van der Waals surface area contributed by atoms with Crippen LogP contribution >= 0.6 is 11.6 Å². The highest BCUT2D eigenvalue weighted by atomic mass is 35.5. The highest BCUT2D eigenvalue weighted by Crippen LogP contribution is 2.30. The normalized spacial score (nSPS) is 16.1. The second kappa shape index (κ2) is 6.69. The summed E-state index contributed by atoms with van der Waals surface area (Å²) in [6, 6.07) is 5.54. The summed E-state index contributed by atoms with van der Waals surface area (Å²) in [6.45, 7) is 7.42. The summed E-state index contributed by atoms with van der Waals surface area (Å²) in [5.74, 6) is 0.170. The fraction of sp³-hybridized carbons (Fsp3) is 0.438. The quantitative estimate of drug-likeness (QED) is 0.904. The van der Waals surface area contributed by atoms with Crippen LogP contribution in [0.2, 0.25) is 5.02 Å². The second-order valence-corrected chi connectivity index (χ2v) is 5.93. The fourth-order valence-corrected chi connectivity index (χ4v) is 2.98. The molecule has 0 saturated carbocycles. The molecule has 1 aromatic carbocycles. The highest BCUT2D eigenvalue weighted by molar-refractivity contribution is 6.35. The summed E-state index contributed by atoms with van der Waals surface area (Å²) in [4.78, 5) is 14.6. The number of para-hydroxylation sites is 1. The lowest BCUT2D eigenvalue weighted by Gasteiger charge is -2.26. The van der Waals surface area contributed by atoms with Crippen LogP contribution in [0.4, 0.5) is 0 Å². The zero-order valence-corrected chi connectivity index (χ0v) is 13.4. The molecule has 1 aromatic heterocycles. The molecule has 0 bridgehead atoms. The van der Waals surface area contributed by atoms with E-state index in [1.807, 2.05) is 19.1 Å². The van der Waals surface area contributed by atoms with Crippen molar-refractivity contribution >= 4 is 28.5 Å². The average Bonchev–Trinajstić information content (AvgIpc) is 2.87. The Labute approximate surface area is 134 Å². The van der Waals surface area contributed by atoms with Gasteiger partial charge in [-0.05, 0) is 13.0 Å². The minimum Gasteiger partial charge on any atom is -0.449 e. The van der Waals surface area contributed by atoms with Crippen molar-refractivity contribution in [3.8, 4) is 0 Å². The third-order valence-electron chi connectivity index (χ3n) is 4.05. The smallest absolute Gasteiger partial charge is 0.287 e. The lowest BCUT2D eigenvalue weighted by atomic mass is 10.1. The number of rotatable bonds is 4. The van der Waals surface area contributed by atoms with Gasteiger partial charge in [-0.2, -0.15) is 0 Å².